The molecule has 0 aliphatic carbocycles. The number of carbonyl (C=O) groups is 1. The van der Waals surface area contributed by atoms with Crippen molar-refractivity contribution in [2.45, 2.75) is 19.9 Å². The molecule has 2 N–H and O–H groups in total. The molecule has 1 aliphatic rings. The normalized spacial score (nSPS) is 13.3. The van der Waals surface area contributed by atoms with E-state index in [1.54, 1.807) is 4.68 Å². The van der Waals surface area contributed by atoms with Crippen molar-refractivity contribution in [3.63, 3.8) is 0 Å². The minimum atomic E-state index is -0.313. The first-order valence-corrected chi connectivity index (χ1v) is 8.41. The highest BCUT2D eigenvalue weighted by Crippen LogP contribution is 2.34. The van der Waals surface area contributed by atoms with Gasteiger partial charge in [0.05, 0.1) is 11.7 Å². The molecule has 0 radical (unpaired) electrons. The first-order chi connectivity index (χ1) is 13.1. The highest BCUT2D eigenvalue weighted by Gasteiger charge is 2.17. The van der Waals surface area contributed by atoms with Crippen molar-refractivity contribution in [3.8, 4) is 17.2 Å². The summed E-state index contributed by atoms with van der Waals surface area (Å²) >= 11 is 0. The molecule has 0 unspecified atom stereocenters. The number of nitrogens with zero attached hydrogens (tertiary/aromatic N) is 4. The number of tetrazole rings is 1. The summed E-state index contributed by atoms with van der Waals surface area (Å²) in [6.45, 7) is 4.07. The number of rotatable bonds is 4. The fourth-order valence-electron chi connectivity index (χ4n) is 2.84. The van der Waals surface area contributed by atoms with Gasteiger partial charge in [-0.3, -0.25) is 0 Å². The van der Waals surface area contributed by atoms with Gasteiger partial charge < -0.3 is 20.1 Å². The van der Waals surface area contributed by atoms with Crippen LogP contribution in [0.15, 0.2) is 42.7 Å². The fraction of sp³-hybridized carbons (Fsp3) is 0.222. The number of benzene rings is 2. The Labute approximate surface area is 155 Å². The predicted octanol–water partition coefficient (Wildman–Crippen LogP) is 2.58. The highest BCUT2D eigenvalue weighted by atomic mass is 16.7. The Bertz CT molecular complexity index is 973. The molecule has 0 bridgehead atoms. The molecule has 27 heavy (non-hydrogen) atoms. The van der Waals surface area contributed by atoms with Crippen LogP contribution in [-0.4, -0.2) is 33.0 Å². The van der Waals surface area contributed by atoms with Gasteiger partial charge in [-0.15, -0.1) is 5.10 Å². The van der Waals surface area contributed by atoms with Crippen LogP contribution < -0.4 is 20.1 Å². The van der Waals surface area contributed by atoms with Gasteiger partial charge in [-0.1, -0.05) is 12.1 Å². The summed E-state index contributed by atoms with van der Waals surface area (Å²) in [7, 11) is 0. The van der Waals surface area contributed by atoms with Gasteiger partial charge in [-0.25, -0.2) is 9.48 Å². The van der Waals surface area contributed by atoms with E-state index in [1.807, 2.05) is 50.2 Å². The van der Waals surface area contributed by atoms with E-state index in [0.717, 1.165) is 16.8 Å². The van der Waals surface area contributed by atoms with Crippen LogP contribution in [-0.2, 0) is 0 Å². The van der Waals surface area contributed by atoms with Crippen molar-refractivity contribution in [3.05, 3.63) is 53.9 Å². The molecule has 1 aliphatic heterocycles. The molecule has 0 spiro atoms. The maximum absolute atomic E-state index is 12.4. The number of ether oxygens (including phenoxy) is 2. The van der Waals surface area contributed by atoms with E-state index in [4.69, 9.17) is 9.47 Å². The largest absolute Gasteiger partial charge is 0.454 e. The molecule has 1 aromatic heterocycles. The lowest BCUT2D eigenvalue weighted by molar-refractivity contribution is 0.174. The molecular formula is C18H18N6O3. The van der Waals surface area contributed by atoms with Gasteiger partial charge >= 0.3 is 6.03 Å². The Kier molecular flexibility index (Phi) is 4.33. The zero-order valence-electron chi connectivity index (χ0n) is 14.8. The first-order valence-electron chi connectivity index (χ1n) is 8.41. The third-order valence-electron chi connectivity index (χ3n) is 4.31. The average Bonchev–Trinajstić information content (AvgIpc) is 3.34. The summed E-state index contributed by atoms with van der Waals surface area (Å²) in [4.78, 5) is 12.4. The van der Waals surface area contributed by atoms with Crippen LogP contribution in [0.3, 0.4) is 0 Å². The molecule has 138 valence electrons. The lowest BCUT2D eigenvalue weighted by atomic mass is 10.1. The Morgan fingerprint density at radius 1 is 1.19 bits per heavy atom. The smallest absolute Gasteiger partial charge is 0.319 e. The minimum absolute atomic E-state index is 0.205. The van der Waals surface area contributed by atoms with E-state index < -0.39 is 0 Å². The zero-order chi connectivity index (χ0) is 18.8. The third kappa shape index (κ3) is 3.52. The van der Waals surface area contributed by atoms with Gasteiger partial charge in [0.2, 0.25) is 6.79 Å². The number of anilines is 1. The van der Waals surface area contributed by atoms with Crippen LogP contribution >= 0.6 is 0 Å². The summed E-state index contributed by atoms with van der Waals surface area (Å²) in [5.41, 5.74) is 3.35. The predicted molar refractivity (Wildman–Crippen MR) is 97.0 cm³/mol. The van der Waals surface area contributed by atoms with Crippen LogP contribution in [0.4, 0.5) is 10.5 Å². The number of amides is 2. The quantitative estimate of drug-likeness (QED) is 0.736. The van der Waals surface area contributed by atoms with Crippen molar-refractivity contribution in [2.24, 2.45) is 0 Å². The molecule has 0 fully saturated rings. The maximum atomic E-state index is 12.4. The van der Waals surface area contributed by atoms with Crippen molar-refractivity contribution in [2.75, 3.05) is 12.1 Å². The summed E-state index contributed by atoms with van der Waals surface area (Å²) in [5, 5.41) is 16.9. The van der Waals surface area contributed by atoms with Crippen molar-refractivity contribution in [1.82, 2.24) is 25.5 Å². The summed E-state index contributed by atoms with van der Waals surface area (Å²) < 4.78 is 12.2. The topological polar surface area (TPSA) is 103 Å². The molecule has 1 atom stereocenters. The van der Waals surface area contributed by atoms with Crippen LogP contribution in [0.5, 0.6) is 11.5 Å². The van der Waals surface area contributed by atoms with Crippen molar-refractivity contribution < 1.29 is 14.3 Å². The van der Waals surface area contributed by atoms with E-state index in [1.165, 1.54) is 6.33 Å². The molecule has 3 aromatic rings. The monoisotopic (exact) mass is 366 g/mol. The number of nitrogens with one attached hydrogen (secondary N) is 2. The number of hydrogen-bond donors (Lipinski definition) is 2. The number of hydrogen-bond acceptors (Lipinski definition) is 6. The Hall–Kier alpha value is -3.62. The summed E-state index contributed by atoms with van der Waals surface area (Å²) in [5.74, 6) is 1.40. The van der Waals surface area contributed by atoms with Gasteiger partial charge in [-0.2, -0.15) is 0 Å². The van der Waals surface area contributed by atoms with Crippen molar-refractivity contribution >= 4 is 11.7 Å². The highest BCUT2D eigenvalue weighted by molar-refractivity contribution is 5.90. The lowest BCUT2D eigenvalue weighted by Crippen LogP contribution is -2.31. The number of aromatic nitrogens is 4. The molecule has 0 saturated carbocycles. The van der Waals surface area contributed by atoms with E-state index in [9.17, 15) is 4.79 Å². The summed E-state index contributed by atoms with van der Waals surface area (Å²) in [6, 6.07) is 10.6. The molecule has 9 heteroatoms. The molecule has 4 rings (SSSR count). The van der Waals surface area contributed by atoms with Crippen LogP contribution in [0.25, 0.3) is 5.69 Å². The molecule has 2 amide bonds. The Balaban J connectivity index is 1.44. The third-order valence-corrected chi connectivity index (χ3v) is 4.31. The minimum Gasteiger partial charge on any atom is -0.454 e. The van der Waals surface area contributed by atoms with E-state index in [-0.39, 0.29) is 18.9 Å². The number of aryl methyl sites for hydroxylation is 1. The Morgan fingerprint density at radius 2 is 2.04 bits per heavy atom. The van der Waals surface area contributed by atoms with Gasteiger partial charge in [0.15, 0.2) is 11.5 Å². The number of fused-ring (bicyclic) bond motifs is 1. The van der Waals surface area contributed by atoms with Crippen LogP contribution in [0, 0.1) is 6.92 Å². The second-order valence-corrected chi connectivity index (χ2v) is 6.19. The second kappa shape index (κ2) is 6.94. The van der Waals surface area contributed by atoms with E-state index >= 15 is 0 Å². The van der Waals surface area contributed by atoms with Gasteiger partial charge in [0.1, 0.15) is 6.33 Å². The van der Waals surface area contributed by atoms with E-state index in [2.05, 4.69) is 26.2 Å². The van der Waals surface area contributed by atoms with Crippen molar-refractivity contribution in [1.29, 1.82) is 0 Å². The van der Waals surface area contributed by atoms with E-state index in [0.29, 0.717) is 17.2 Å². The molecule has 0 saturated heterocycles. The first kappa shape index (κ1) is 16.8. The van der Waals surface area contributed by atoms with Gasteiger partial charge in [-0.05, 0) is 59.7 Å². The summed E-state index contributed by atoms with van der Waals surface area (Å²) in [6.07, 6.45) is 1.51. The maximum Gasteiger partial charge on any atom is 0.319 e. The lowest BCUT2D eigenvalue weighted by Gasteiger charge is -2.16. The van der Waals surface area contributed by atoms with Gasteiger partial charge in [0.25, 0.3) is 0 Å². The molecule has 2 heterocycles. The standard InChI is InChI=1S/C18H18N6O3/c1-11-3-5-14(8-15(11)24-9-19-22-23-24)21-18(25)20-12(2)13-4-6-16-17(7-13)27-10-26-16/h3-9,12H,10H2,1-2H3,(H2,20,21,25)/t12-/m0/s1. The van der Waals surface area contributed by atoms with Gasteiger partial charge in [0, 0.05) is 5.69 Å². The molecule has 9 nitrogen and oxygen atoms in total. The Morgan fingerprint density at radius 3 is 2.85 bits per heavy atom. The number of carbonyl (C=O) groups excluding carboxylic acids is 1. The molecule has 2 aromatic carbocycles. The number of urea groups is 1. The van der Waals surface area contributed by atoms with Crippen LogP contribution in [0.1, 0.15) is 24.1 Å². The average molecular weight is 366 g/mol. The molecular weight excluding hydrogens is 348 g/mol. The SMILES string of the molecule is Cc1ccc(NC(=O)N[C@@H](C)c2ccc3c(c2)OCO3)cc1-n1cnnn1. The fourth-order valence-corrected chi connectivity index (χ4v) is 2.84. The van der Waals surface area contributed by atoms with Crippen LogP contribution in [0.2, 0.25) is 0 Å². The zero-order valence-corrected chi connectivity index (χ0v) is 14.8. The second-order valence-electron chi connectivity index (χ2n) is 6.19.